The molecule has 54 valence electrons. The van der Waals surface area contributed by atoms with Crippen LogP contribution in [0.1, 0.15) is 6.92 Å². The highest BCUT2D eigenvalue weighted by atomic mass is 79.9. The summed E-state index contributed by atoms with van der Waals surface area (Å²) in [5, 5.41) is 0. The lowest BCUT2D eigenvalue weighted by Gasteiger charge is -1.96. The molecule has 1 heterocycles. The molecule has 1 rings (SSSR count). The zero-order chi connectivity index (χ0) is 7.40. The van der Waals surface area contributed by atoms with Crippen LogP contribution in [-0.2, 0) is 0 Å². The summed E-state index contributed by atoms with van der Waals surface area (Å²) >= 11 is 5.13. The summed E-state index contributed by atoms with van der Waals surface area (Å²) in [6.07, 6.45) is 1.81. The molecule has 1 aromatic heterocycles. The van der Waals surface area contributed by atoms with E-state index >= 15 is 0 Å². The van der Waals surface area contributed by atoms with Crippen LogP contribution in [0.3, 0.4) is 0 Å². The Labute approximate surface area is 73.4 Å². The molecule has 0 saturated heterocycles. The third kappa shape index (κ3) is 2.31. The van der Waals surface area contributed by atoms with Crippen LogP contribution in [0.2, 0.25) is 0 Å². The van der Waals surface area contributed by atoms with Gasteiger partial charge in [-0.2, -0.15) is 0 Å². The lowest BCUT2D eigenvalue weighted by atomic mass is 10.5. The fraction of sp³-hybridized carbons (Fsp3) is 0.286. The third-order valence-electron chi connectivity index (χ3n) is 1.01. The van der Waals surface area contributed by atoms with Gasteiger partial charge in [0.05, 0.1) is 0 Å². The van der Waals surface area contributed by atoms with E-state index in [-0.39, 0.29) is 0 Å². The topological polar surface area (TPSA) is 12.9 Å². The molecule has 0 aliphatic carbocycles. The van der Waals surface area contributed by atoms with E-state index in [4.69, 9.17) is 0 Å². The number of pyridine rings is 1. The number of nitrogens with zero attached hydrogens (tertiary/aromatic N) is 1. The van der Waals surface area contributed by atoms with Crippen LogP contribution in [0, 0.1) is 0 Å². The Morgan fingerprint density at radius 1 is 1.70 bits per heavy atom. The smallest absolute Gasteiger partial charge is 0.107 e. The van der Waals surface area contributed by atoms with E-state index in [1.54, 1.807) is 0 Å². The molecule has 10 heavy (non-hydrogen) atoms. The first kappa shape index (κ1) is 8.08. The van der Waals surface area contributed by atoms with E-state index in [0.717, 1.165) is 10.4 Å². The van der Waals surface area contributed by atoms with E-state index in [1.165, 1.54) is 4.90 Å². The van der Waals surface area contributed by atoms with E-state index < -0.39 is 0 Å². The maximum atomic E-state index is 4.03. The minimum absolute atomic E-state index is 0.908. The molecular weight excluding hydrogens is 210 g/mol. The fourth-order valence-electron chi connectivity index (χ4n) is 0.641. The van der Waals surface area contributed by atoms with Crippen LogP contribution in [0.15, 0.2) is 27.8 Å². The summed E-state index contributed by atoms with van der Waals surface area (Å²) in [7, 11) is 0. The Bertz CT molecular complexity index is 215. The molecule has 0 bridgehead atoms. The molecule has 0 N–H and O–H groups in total. The summed E-state index contributed by atoms with van der Waals surface area (Å²) in [6.45, 7) is 2.14. The molecule has 0 unspecified atom stereocenters. The summed E-state index contributed by atoms with van der Waals surface area (Å²) in [5.74, 6) is 1.11. The molecule has 0 atom stereocenters. The molecular formula is C7H8BrNS. The van der Waals surface area contributed by atoms with Gasteiger partial charge in [0.1, 0.15) is 4.60 Å². The summed E-state index contributed by atoms with van der Waals surface area (Å²) < 4.78 is 0.908. The lowest BCUT2D eigenvalue weighted by molar-refractivity contribution is 1.22. The van der Waals surface area contributed by atoms with Crippen LogP contribution < -0.4 is 0 Å². The van der Waals surface area contributed by atoms with Crippen molar-refractivity contribution >= 4 is 27.7 Å². The second-order valence-electron chi connectivity index (χ2n) is 1.75. The van der Waals surface area contributed by atoms with Crippen molar-refractivity contribution in [2.24, 2.45) is 0 Å². The van der Waals surface area contributed by atoms with Gasteiger partial charge in [-0.1, -0.05) is 6.92 Å². The Morgan fingerprint density at radius 3 is 3.10 bits per heavy atom. The van der Waals surface area contributed by atoms with Gasteiger partial charge < -0.3 is 0 Å². The van der Waals surface area contributed by atoms with Gasteiger partial charge in [-0.3, -0.25) is 0 Å². The predicted octanol–water partition coefficient (Wildman–Crippen LogP) is 2.96. The molecule has 0 amide bonds. The van der Waals surface area contributed by atoms with Crippen molar-refractivity contribution in [2.75, 3.05) is 5.75 Å². The normalized spacial score (nSPS) is 9.80. The van der Waals surface area contributed by atoms with Crippen LogP contribution >= 0.6 is 27.7 Å². The molecule has 0 aliphatic rings. The standard InChI is InChI=1S/C7H8BrNS/c1-2-10-6-3-4-9-7(8)5-6/h3-5H,2H2,1H3. The van der Waals surface area contributed by atoms with Crippen molar-refractivity contribution in [3.63, 3.8) is 0 Å². The average Bonchev–Trinajstić information content (AvgIpc) is 1.88. The second kappa shape index (κ2) is 3.98. The van der Waals surface area contributed by atoms with E-state index in [2.05, 4.69) is 27.8 Å². The van der Waals surface area contributed by atoms with Crippen molar-refractivity contribution in [1.29, 1.82) is 0 Å². The fourth-order valence-corrected chi connectivity index (χ4v) is 1.84. The van der Waals surface area contributed by atoms with Crippen LogP contribution in [0.25, 0.3) is 0 Å². The highest BCUT2D eigenvalue weighted by Crippen LogP contribution is 2.19. The summed E-state index contributed by atoms with van der Waals surface area (Å²) in [6, 6.07) is 4.03. The highest BCUT2D eigenvalue weighted by molar-refractivity contribution is 9.10. The number of halogens is 1. The van der Waals surface area contributed by atoms with Gasteiger partial charge in [-0.15, -0.1) is 11.8 Å². The van der Waals surface area contributed by atoms with Crippen molar-refractivity contribution < 1.29 is 0 Å². The quantitative estimate of drug-likeness (QED) is 0.559. The largest absolute Gasteiger partial charge is 0.249 e. The highest BCUT2D eigenvalue weighted by Gasteiger charge is 1.91. The van der Waals surface area contributed by atoms with Gasteiger partial charge in [0.25, 0.3) is 0 Å². The SMILES string of the molecule is CCSc1ccnc(Br)c1. The first-order valence-corrected chi connectivity index (χ1v) is 4.85. The molecule has 0 fully saturated rings. The van der Waals surface area contributed by atoms with Gasteiger partial charge in [-0.05, 0) is 33.8 Å². The summed E-state index contributed by atoms with van der Waals surface area (Å²) in [5.41, 5.74) is 0. The maximum Gasteiger partial charge on any atom is 0.107 e. The van der Waals surface area contributed by atoms with Crippen LogP contribution in [0.5, 0.6) is 0 Å². The van der Waals surface area contributed by atoms with E-state index in [9.17, 15) is 0 Å². The molecule has 1 aromatic rings. The molecule has 0 saturated carbocycles. The van der Waals surface area contributed by atoms with E-state index in [1.807, 2.05) is 30.1 Å². The first-order chi connectivity index (χ1) is 4.83. The van der Waals surface area contributed by atoms with Crippen molar-refractivity contribution in [3.8, 4) is 0 Å². The van der Waals surface area contributed by atoms with Gasteiger partial charge in [0, 0.05) is 11.1 Å². The number of hydrogen-bond acceptors (Lipinski definition) is 2. The van der Waals surface area contributed by atoms with Crippen molar-refractivity contribution in [2.45, 2.75) is 11.8 Å². The predicted molar refractivity (Wildman–Crippen MR) is 48.3 cm³/mol. The minimum atomic E-state index is 0.908. The Morgan fingerprint density at radius 2 is 2.50 bits per heavy atom. The summed E-state index contributed by atoms with van der Waals surface area (Å²) in [4.78, 5) is 5.29. The molecule has 0 spiro atoms. The lowest BCUT2D eigenvalue weighted by Crippen LogP contribution is -1.75. The molecule has 3 heteroatoms. The van der Waals surface area contributed by atoms with Crippen LogP contribution in [-0.4, -0.2) is 10.7 Å². The third-order valence-corrected chi connectivity index (χ3v) is 2.32. The van der Waals surface area contributed by atoms with Gasteiger partial charge in [0.15, 0.2) is 0 Å². The number of rotatable bonds is 2. The molecule has 0 aromatic carbocycles. The Kier molecular flexibility index (Phi) is 3.22. The Hall–Kier alpha value is -0.0200. The number of thioether (sulfide) groups is 1. The van der Waals surface area contributed by atoms with Gasteiger partial charge >= 0.3 is 0 Å². The average molecular weight is 218 g/mol. The van der Waals surface area contributed by atoms with E-state index in [0.29, 0.717) is 0 Å². The maximum absolute atomic E-state index is 4.03. The second-order valence-corrected chi connectivity index (χ2v) is 3.90. The number of hydrogen-bond donors (Lipinski definition) is 0. The minimum Gasteiger partial charge on any atom is -0.249 e. The van der Waals surface area contributed by atoms with Crippen LogP contribution in [0.4, 0.5) is 0 Å². The zero-order valence-electron chi connectivity index (χ0n) is 5.67. The number of aromatic nitrogens is 1. The van der Waals surface area contributed by atoms with Gasteiger partial charge in [-0.25, -0.2) is 4.98 Å². The monoisotopic (exact) mass is 217 g/mol. The Balaban J connectivity index is 2.75. The molecule has 1 nitrogen and oxygen atoms in total. The molecule has 0 radical (unpaired) electrons. The van der Waals surface area contributed by atoms with Crippen molar-refractivity contribution in [1.82, 2.24) is 4.98 Å². The first-order valence-electron chi connectivity index (χ1n) is 3.07. The van der Waals surface area contributed by atoms with Gasteiger partial charge in [0.2, 0.25) is 0 Å². The van der Waals surface area contributed by atoms with Crippen molar-refractivity contribution in [3.05, 3.63) is 22.9 Å². The zero-order valence-corrected chi connectivity index (χ0v) is 8.08. The molecule has 0 aliphatic heterocycles.